The number of nitro benzene ring substituents is 1. The third-order valence-corrected chi connectivity index (χ3v) is 4.41. The summed E-state index contributed by atoms with van der Waals surface area (Å²) >= 11 is 0. The van der Waals surface area contributed by atoms with Crippen LogP contribution in [0.15, 0.2) is 47.3 Å². The molecule has 0 unspecified atom stereocenters. The van der Waals surface area contributed by atoms with Crippen molar-refractivity contribution in [2.24, 2.45) is 7.05 Å². The van der Waals surface area contributed by atoms with Gasteiger partial charge < -0.3 is 9.47 Å². The minimum atomic E-state index is -0.512. The maximum atomic E-state index is 12.5. The van der Waals surface area contributed by atoms with E-state index in [1.54, 1.807) is 29.6 Å². The summed E-state index contributed by atoms with van der Waals surface area (Å²) in [6, 6.07) is 11.2. The van der Waals surface area contributed by atoms with Crippen LogP contribution < -0.4 is 15.0 Å². The summed E-state index contributed by atoms with van der Waals surface area (Å²) in [4.78, 5) is 23.0. The highest BCUT2D eigenvalue weighted by atomic mass is 16.6. The first-order chi connectivity index (χ1) is 13.5. The maximum absolute atomic E-state index is 12.5. The minimum Gasteiger partial charge on any atom is -0.493 e. The van der Waals surface area contributed by atoms with E-state index in [9.17, 15) is 14.9 Å². The van der Waals surface area contributed by atoms with Crippen molar-refractivity contribution in [1.29, 1.82) is 0 Å². The van der Waals surface area contributed by atoms with Crippen molar-refractivity contribution >= 4 is 22.4 Å². The van der Waals surface area contributed by atoms with Gasteiger partial charge in [-0.25, -0.2) is 0 Å². The molecule has 0 saturated heterocycles. The lowest BCUT2D eigenvalue weighted by atomic mass is 10.2. The number of aryl methyl sites for hydroxylation is 1. The Morgan fingerprint density at radius 1 is 1.14 bits per heavy atom. The first kappa shape index (κ1) is 17.5. The fraction of sp³-hybridized carbons (Fsp3) is 0.167. The predicted octanol–water partition coefficient (Wildman–Crippen LogP) is 2.08. The van der Waals surface area contributed by atoms with Crippen LogP contribution in [-0.2, 0) is 13.7 Å². The molecule has 0 saturated carbocycles. The van der Waals surface area contributed by atoms with E-state index in [0.717, 1.165) is 0 Å². The molecule has 0 amide bonds. The Kier molecular flexibility index (Phi) is 4.15. The Balaban J connectivity index is 1.79. The number of hydrogen-bond acceptors (Lipinski definition) is 7. The second-order valence-corrected chi connectivity index (χ2v) is 6.01. The summed E-state index contributed by atoms with van der Waals surface area (Å²) in [6.45, 7) is -0.0269. The summed E-state index contributed by atoms with van der Waals surface area (Å²) in [7, 11) is 3.07. The van der Waals surface area contributed by atoms with E-state index in [0.29, 0.717) is 28.3 Å². The van der Waals surface area contributed by atoms with Crippen LogP contribution in [0.1, 0.15) is 5.82 Å². The number of benzene rings is 2. The smallest absolute Gasteiger partial charge is 0.273 e. The molecule has 0 N–H and O–H groups in total. The van der Waals surface area contributed by atoms with E-state index in [1.165, 1.54) is 29.9 Å². The average Bonchev–Trinajstić information content (AvgIpc) is 3.14. The topological polar surface area (TPSA) is 114 Å². The fourth-order valence-electron chi connectivity index (χ4n) is 3.02. The van der Waals surface area contributed by atoms with Gasteiger partial charge in [-0.15, -0.1) is 10.2 Å². The van der Waals surface area contributed by atoms with Crippen molar-refractivity contribution in [3.8, 4) is 11.5 Å². The van der Waals surface area contributed by atoms with E-state index in [-0.39, 0.29) is 23.6 Å². The summed E-state index contributed by atoms with van der Waals surface area (Å²) in [5, 5.41) is 19.8. The van der Waals surface area contributed by atoms with Gasteiger partial charge >= 0.3 is 0 Å². The van der Waals surface area contributed by atoms with E-state index in [1.807, 2.05) is 6.07 Å². The van der Waals surface area contributed by atoms with Gasteiger partial charge in [-0.1, -0.05) is 12.1 Å². The van der Waals surface area contributed by atoms with Crippen molar-refractivity contribution in [2.75, 3.05) is 7.11 Å². The van der Waals surface area contributed by atoms with Gasteiger partial charge in [0, 0.05) is 13.1 Å². The number of nitrogens with zero attached hydrogens (tertiary/aromatic N) is 5. The lowest BCUT2D eigenvalue weighted by molar-refractivity contribution is -0.385. The molecule has 2 heterocycles. The largest absolute Gasteiger partial charge is 0.493 e. The van der Waals surface area contributed by atoms with Crippen LogP contribution in [0.3, 0.4) is 0 Å². The Hall–Kier alpha value is -3.95. The van der Waals surface area contributed by atoms with Crippen molar-refractivity contribution in [2.45, 2.75) is 6.61 Å². The van der Waals surface area contributed by atoms with Gasteiger partial charge in [-0.3, -0.25) is 23.9 Å². The van der Waals surface area contributed by atoms with E-state index < -0.39 is 4.92 Å². The van der Waals surface area contributed by atoms with Crippen LogP contribution >= 0.6 is 0 Å². The molecule has 10 heteroatoms. The average molecular weight is 381 g/mol. The number of ether oxygens (including phenoxy) is 2. The van der Waals surface area contributed by atoms with Crippen molar-refractivity contribution < 1.29 is 14.4 Å². The van der Waals surface area contributed by atoms with Gasteiger partial charge in [-0.2, -0.15) is 0 Å². The Morgan fingerprint density at radius 3 is 2.68 bits per heavy atom. The number of nitro groups is 1. The molecule has 142 valence electrons. The number of para-hydroxylation sites is 1. The maximum Gasteiger partial charge on any atom is 0.273 e. The zero-order chi connectivity index (χ0) is 19.8. The molecular weight excluding hydrogens is 366 g/mol. The molecule has 4 aromatic rings. The monoisotopic (exact) mass is 381 g/mol. The van der Waals surface area contributed by atoms with Crippen LogP contribution in [0.2, 0.25) is 0 Å². The molecule has 0 bridgehead atoms. The highest BCUT2D eigenvalue weighted by molar-refractivity contribution is 5.80. The predicted molar refractivity (Wildman–Crippen MR) is 99.7 cm³/mol. The molecular formula is C18H15N5O5. The molecule has 0 fully saturated rings. The second-order valence-electron chi connectivity index (χ2n) is 6.01. The molecule has 0 atom stereocenters. The lowest BCUT2D eigenvalue weighted by Crippen LogP contribution is -2.20. The zero-order valence-electron chi connectivity index (χ0n) is 15.0. The molecule has 28 heavy (non-hydrogen) atoms. The lowest BCUT2D eigenvalue weighted by Gasteiger charge is -2.11. The molecule has 0 spiro atoms. The van der Waals surface area contributed by atoms with Gasteiger partial charge in [-0.05, 0) is 18.2 Å². The van der Waals surface area contributed by atoms with Crippen molar-refractivity contribution in [1.82, 2.24) is 19.2 Å². The number of aromatic nitrogens is 4. The summed E-state index contributed by atoms with van der Waals surface area (Å²) in [5.41, 5.74) is 0.355. The first-order valence-electron chi connectivity index (χ1n) is 8.28. The fourth-order valence-corrected chi connectivity index (χ4v) is 3.02. The normalized spacial score (nSPS) is 11.1. The minimum absolute atomic E-state index is 0.0269. The van der Waals surface area contributed by atoms with Crippen LogP contribution in [-0.4, -0.2) is 31.2 Å². The van der Waals surface area contributed by atoms with Gasteiger partial charge in [0.2, 0.25) is 5.78 Å². The molecule has 0 aliphatic rings. The molecule has 2 aromatic carbocycles. The summed E-state index contributed by atoms with van der Waals surface area (Å²) in [6.07, 6.45) is 0. The summed E-state index contributed by atoms with van der Waals surface area (Å²) in [5.74, 6) is 1.38. The van der Waals surface area contributed by atoms with Crippen molar-refractivity contribution in [3.05, 3.63) is 68.8 Å². The Bertz CT molecular complexity index is 1280. The van der Waals surface area contributed by atoms with Crippen LogP contribution in [0, 0.1) is 10.1 Å². The highest BCUT2D eigenvalue weighted by Gasteiger charge is 2.17. The quantitative estimate of drug-likeness (QED) is 0.384. The Morgan fingerprint density at radius 2 is 1.93 bits per heavy atom. The Labute approximate surface area is 157 Å². The van der Waals surface area contributed by atoms with E-state index >= 15 is 0 Å². The standard InChI is InChI=1S/C18H15N5O5/c1-21-17(24)12-5-3-4-6-13(12)22-16(19-20-18(21)22)10-28-15-9-11(23(25)26)7-8-14(15)27-2/h3-9H,10H2,1-2H3. The zero-order valence-corrected chi connectivity index (χ0v) is 15.0. The SMILES string of the molecule is COc1ccc([N+](=O)[O-])cc1OCc1nnc2n(C)c(=O)c3ccccc3n12. The summed E-state index contributed by atoms with van der Waals surface area (Å²) < 4.78 is 14.1. The van der Waals surface area contributed by atoms with Crippen LogP contribution in [0.4, 0.5) is 5.69 Å². The third kappa shape index (κ3) is 2.71. The molecule has 10 nitrogen and oxygen atoms in total. The van der Waals surface area contributed by atoms with Gasteiger partial charge in [0.25, 0.3) is 11.2 Å². The number of non-ortho nitro benzene ring substituents is 1. The first-order valence-corrected chi connectivity index (χ1v) is 8.28. The molecule has 2 aromatic heterocycles. The van der Waals surface area contributed by atoms with Crippen LogP contribution in [0.5, 0.6) is 11.5 Å². The van der Waals surface area contributed by atoms with Gasteiger partial charge in [0.1, 0.15) is 6.61 Å². The molecule has 0 aliphatic heterocycles. The van der Waals surface area contributed by atoms with Crippen LogP contribution in [0.25, 0.3) is 16.7 Å². The van der Waals surface area contributed by atoms with E-state index in [4.69, 9.17) is 9.47 Å². The molecule has 0 aliphatic carbocycles. The number of fused-ring (bicyclic) bond motifs is 3. The van der Waals surface area contributed by atoms with Gasteiger partial charge in [0.05, 0.1) is 29.0 Å². The molecule has 0 radical (unpaired) electrons. The van der Waals surface area contributed by atoms with Gasteiger partial charge in [0.15, 0.2) is 17.3 Å². The second kappa shape index (κ2) is 6.65. The van der Waals surface area contributed by atoms with E-state index in [2.05, 4.69) is 10.2 Å². The third-order valence-electron chi connectivity index (χ3n) is 4.41. The highest BCUT2D eigenvalue weighted by Crippen LogP contribution is 2.31. The number of methoxy groups -OCH3 is 1. The number of hydrogen-bond donors (Lipinski definition) is 0. The molecule has 4 rings (SSSR count). The number of rotatable bonds is 5. The van der Waals surface area contributed by atoms with Crippen molar-refractivity contribution in [3.63, 3.8) is 0 Å².